The van der Waals surface area contributed by atoms with Gasteiger partial charge in [-0.25, -0.2) is 9.67 Å². The zero-order valence-corrected chi connectivity index (χ0v) is 42.3. The lowest BCUT2D eigenvalue weighted by Crippen LogP contribution is -2.50. The number of carbonyl (C=O) groups is 3. The fourth-order valence-corrected chi connectivity index (χ4v) is 9.84. The summed E-state index contributed by atoms with van der Waals surface area (Å²) in [5.41, 5.74) is 11.1. The maximum absolute atomic E-state index is 16.1. The summed E-state index contributed by atoms with van der Waals surface area (Å²) in [4.78, 5) is 47.1. The van der Waals surface area contributed by atoms with Gasteiger partial charge in [-0.05, 0) is 116 Å². The monoisotopic (exact) mass is 1050 g/mol. The number of halogens is 2. The van der Waals surface area contributed by atoms with Gasteiger partial charge in [-0.15, -0.1) is 16.4 Å². The summed E-state index contributed by atoms with van der Waals surface area (Å²) in [7, 11) is 0. The average Bonchev–Trinajstić information content (AvgIpc) is 4.38. The fraction of sp³-hybridized carbons (Fsp3) is 0.259. The van der Waals surface area contributed by atoms with Gasteiger partial charge in [0, 0.05) is 62.2 Å². The molecule has 0 unspecified atom stereocenters. The van der Waals surface area contributed by atoms with Crippen LogP contribution in [-0.4, -0.2) is 102 Å². The van der Waals surface area contributed by atoms with E-state index in [-0.39, 0.29) is 36.9 Å². The Morgan fingerprint density at radius 2 is 1.50 bits per heavy atom. The predicted octanol–water partition coefficient (Wildman–Crippen LogP) is 7.78. The highest BCUT2D eigenvalue weighted by atomic mass is 32.1. The van der Waals surface area contributed by atoms with E-state index in [4.69, 9.17) is 19.6 Å². The lowest BCUT2D eigenvalue weighted by atomic mass is 9.90. The van der Waals surface area contributed by atoms with E-state index in [2.05, 4.69) is 36.1 Å². The summed E-state index contributed by atoms with van der Waals surface area (Å²) in [6.07, 6.45) is 17.6. The third-order valence-electron chi connectivity index (χ3n) is 12.9. The molecule has 390 valence electrons. The number of amides is 3. The van der Waals surface area contributed by atoms with Gasteiger partial charge in [0.15, 0.2) is 41.7 Å². The van der Waals surface area contributed by atoms with E-state index in [0.717, 1.165) is 62.5 Å². The molecule has 0 saturated heterocycles. The van der Waals surface area contributed by atoms with Gasteiger partial charge >= 0.3 is 6.97 Å². The predicted molar refractivity (Wildman–Crippen MR) is 288 cm³/mol. The Bertz CT molecular complexity index is 3470. The third-order valence-corrected chi connectivity index (χ3v) is 13.8. The molecule has 8 heterocycles. The van der Waals surface area contributed by atoms with Crippen LogP contribution in [0.1, 0.15) is 72.3 Å². The second-order valence-corrected chi connectivity index (χ2v) is 19.2. The number of benzene rings is 2. The zero-order chi connectivity index (χ0) is 52.4. The Balaban J connectivity index is 0.539. The molecule has 0 saturated carbocycles. The number of aromatic nitrogens is 7. The van der Waals surface area contributed by atoms with Gasteiger partial charge in [0.25, 0.3) is 11.8 Å². The number of unbranched alkanes of at least 4 members (excludes halogenated alkanes) is 3. The van der Waals surface area contributed by atoms with Gasteiger partial charge in [0.05, 0.1) is 22.7 Å². The Kier molecular flexibility index (Phi) is 15.6. The Labute approximate surface area is 439 Å². The molecule has 2 aliphatic rings. The van der Waals surface area contributed by atoms with Crippen molar-refractivity contribution in [2.45, 2.75) is 57.9 Å². The number of carbonyl (C=O) groups excluding carboxylic acids is 3. The summed E-state index contributed by atoms with van der Waals surface area (Å²) in [6.45, 7) is -2.32. The van der Waals surface area contributed by atoms with Crippen LogP contribution >= 0.6 is 11.3 Å². The molecule has 18 nitrogen and oxygen atoms in total. The molecule has 76 heavy (non-hydrogen) atoms. The number of nitrogens with one attached hydrogen (secondary N) is 3. The molecule has 10 rings (SSSR count). The molecule has 22 heteroatoms. The van der Waals surface area contributed by atoms with E-state index in [1.807, 2.05) is 46.5 Å². The molecular weight excluding hydrogens is 994 g/mol. The van der Waals surface area contributed by atoms with Crippen LogP contribution in [0, 0.1) is 0 Å². The fourth-order valence-electron chi connectivity index (χ4n) is 9.09. The minimum Gasteiger partial charge on any atom is -0.484 e. The summed E-state index contributed by atoms with van der Waals surface area (Å²) in [5, 5.41) is 20.2. The number of furan rings is 1. The van der Waals surface area contributed by atoms with Crippen LogP contribution in [0.3, 0.4) is 0 Å². The van der Waals surface area contributed by atoms with Crippen molar-refractivity contribution < 1.29 is 41.4 Å². The minimum absolute atomic E-state index is 0.0312. The van der Waals surface area contributed by atoms with Crippen LogP contribution in [0.25, 0.3) is 46.5 Å². The molecule has 0 fully saturated rings. The molecule has 2 aliphatic heterocycles. The first-order valence-electron chi connectivity index (χ1n) is 25.3. The number of hydrogen-bond donors (Lipinski definition) is 4. The van der Waals surface area contributed by atoms with Gasteiger partial charge in [0.2, 0.25) is 17.7 Å². The number of allylic oxidation sites excluding steroid dienone is 2. The molecule has 0 spiro atoms. The molecular formula is C54H55BF2N12O6S. The molecule has 6 aromatic heterocycles. The molecule has 2 aromatic carbocycles. The Morgan fingerprint density at radius 3 is 2.21 bits per heavy atom. The SMILES string of the molecule is Nc1nc2c(cnn2CCCc2ccc(OCC(=O)NCCCCNC(=O)CCCCCNC(=O)COc3ccc(/C=C/c4ccc5n4[B-](F)(F)[N+]4=C(c6cccs6)C=CC4=C5)cc3)cc2)c2nc(-c3ccco3)nn12. The first-order chi connectivity index (χ1) is 37.1. The van der Waals surface area contributed by atoms with E-state index in [0.29, 0.717) is 103 Å². The molecule has 0 aliphatic carbocycles. The van der Waals surface area contributed by atoms with Gasteiger partial charge in [0.1, 0.15) is 11.5 Å². The van der Waals surface area contributed by atoms with Crippen LogP contribution < -0.4 is 31.2 Å². The van der Waals surface area contributed by atoms with E-state index >= 15 is 8.63 Å². The number of fused-ring (bicyclic) bond motifs is 5. The highest BCUT2D eigenvalue weighted by molar-refractivity contribution is 7.12. The van der Waals surface area contributed by atoms with Crippen molar-refractivity contribution in [1.29, 1.82) is 0 Å². The minimum atomic E-state index is -4.13. The maximum atomic E-state index is 16.1. The molecule has 0 bridgehead atoms. The lowest BCUT2D eigenvalue weighted by Gasteiger charge is -2.30. The number of hydrogen-bond acceptors (Lipinski definition) is 12. The number of nitrogens with two attached hydrogens (primary N) is 1. The first kappa shape index (κ1) is 50.9. The largest absolute Gasteiger partial charge is 0.737 e. The van der Waals surface area contributed by atoms with Crippen molar-refractivity contribution in [3.05, 3.63) is 148 Å². The topological polar surface area (TPSA) is 214 Å². The van der Waals surface area contributed by atoms with Gasteiger partial charge in [-0.3, -0.25) is 14.4 Å². The van der Waals surface area contributed by atoms with Crippen molar-refractivity contribution in [3.63, 3.8) is 0 Å². The van der Waals surface area contributed by atoms with Gasteiger partial charge in [-0.1, -0.05) is 42.8 Å². The van der Waals surface area contributed by atoms with Crippen LogP contribution in [-0.2, 0) is 27.3 Å². The van der Waals surface area contributed by atoms with Gasteiger partial charge in [-0.2, -0.15) is 14.6 Å². The Hall–Kier alpha value is -8.66. The number of aryl methyl sites for hydroxylation is 2. The van der Waals surface area contributed by atoms with Crippen molar-refractivity contribution in [2.24, 2.45) is 0 Å². The molecule has 3 amide bonds. The van der Waals surface area contributed by atoms with E-state index in [1.165, 1.54) is 15.9 Å². The normalized spacial score (nSPS) is 13.6. The summed E-state index contributed by atoms with van der Waals surface area (Å²) < 4.78 is 54.6. The lowest BCUT2D eigenvalue weighted by molar-refractivity contribution is -0.360. The van der Waals surface area contributed by atoms with Crippen molar-refractivity contribution in [2.75, 3.05) is 38.6 Å². The highest BCUT2D eigenvalue weighted by Crippen LogP contribution is 2.35. The highest BCUT2D eigenvalue weighted by Gasteiger charge is 2.52. The molecule has 0 radical (unpaired) electrons. The summed E-state index contributed by atoms with van der Waals surface area (Å²) in [5.74, 6) is 1.75. The van der Waals surface area contributed by atoms with Crippen molar-refractivity contribution in [1.82, 2.24) is 49.8 Å². The molecule has 0 atom stereocenters. The molecule has 8 aromatic rings. The summed E-state index contributed by atoms with van der Waals surface area (Å²) >= 11 is 1.43. The maximum Gasteiger partial charge on any atom is 0.737 e. The smallest absolute Gasteiger partial charge is 0.484 e. The van der Waals surface area contributed by atoms with Crippen molar-refractivity contribution >= 4 is 82.6 Å². The van der Waals surface area contributed by atoms with E-state index in [9.17, 15) is 14.4 Å². The number of rotatable bonds is 25. The van der Waals surface area contributed by atoms with Crippen LogP contribution in [0.2, 0.25) is 0 Å². The zero-order valence-electron chi connectivity index (χ0n) is 41.4. The van der Waals surface area contributed by atoms with E-state index < -0.39 is 6.97 Å². The van der Waals surface area contributed by atoms with Crippen LogP contribution in [0.15, 0.2) is 125 Å². The molecule has 5 N–H and O–H groups in total. The Morgan fingerprint density at radius 1 is 0.776 bits per heavy atom. The second-order valence-electron chi connectivity index (χ2n) is 18.3. The summed E-state index contributed by atoms with van der Waals surface area (Å²) in [6, 6.07) is 25.4. The van der Waals surface area contributed by atoms with E-state index in [1.54, 1.807) is 91.4 Å². The number of nitrogens with zero attached hydrogens (tertiary/aromatic N) is 8. The van der Waals surface area contributed by atoms with Gasteiger partial charge < -0.3 is 53.2 Å². The quantitative estimate of drug-likeness (QED) is 0.0321. The van der Waals surface area contributed by atoms with Crippen LogP contribution in [0.4, 0.5) is 14.6 Å². The first-order valence-corrected chi connectivity index (χ1v) is 26.1. The average molecular weight is 1050 g/mol. The van der Waals surface area contributed by atoms with Crippen molar-refractivity contribution in [3.8, 4) is 23.1 Å². The number of nitrogen functional groups attached to an aromatic ring is 1. The number of thiophene rings is 1. The number of ether oxygens (including phenoxy) is 2. The third kappa shape index (κ3) is 11.8. The standard InChI is InChI=1S/C54H55BF2N12O6S/c56-55(57)67-39(19-20-40(67)33-41-21-26-45(68(41)55)47-11-8-32-76-47)18-13-38-16-24-43(25-17-38)75-35-49(71)60-27-3-1-2-12-48(70)59-28-4-5-29-61-50(72)36-74-42-22-14-37(15-23-42)9-6-30-66-52-44(34-62-66)53-63-51(46-10-7-31-73-46)65-69(53)54(58)64-52/h7-8,10-11,13-26,31-34H,1-6,9,12,27-30,35-36H2,(H2,58,64)(H,59,70)(H,60,71)(H,61,72)/b18-13+. The second kappa shape index (κ2) is 23.3. The van der Waals surface area contributed by atoms with Crippen LogP contribution in [0.5, 0.6) is 11.5 Å². The number of anilines is 1.